The van der Waals surface area contributed by atoms with Crippen LogP contribution in [0.4, 0.5) is 5.13 Å². The summed E-state index contributed by atoms with van der Waals surface area (Å²) in [6.07, 6.45) is 3.87. The average molecular weight is 401 g/mol. The van der Waals surface area contributed by atoms with E-state index in [1.807, 2.05) is 32.0 Å². The Morgan fingerprint density at radius 1 is 1.43 bits per heavy atom. The number of fused-ring (bicyclic) bond motifs is 1. The Morgan fingerprint density at radius 3 is 3.07 bits per heavy atom. The molecule has 1 fully saturated rings. The first kappa shape index (κ1) is 18.7. The molecule has 2 aliphatic heterocycles. The van der Waals surface area contributed by atoms with E-state index in [0.29, 0.717) is 29.6 Å². The zero-order valence-electron chi connectivity index (χ0n) is 15.9. The third-order valence-corrected chi connectivity index (χ3v) is 5.63. The first-order chi connectivity index (χ1) is 13.4. The molecule has 0 aliphatic carbocycles. The van der Waals surface area contributed by atoms with Crippen LogP contribution >= 0.6 is 11.3 Å². The van der Waals surface area contributed by atoms with Gasteiger partial charge in [0, 0.05) is 30.1 Å². The van der Waals surface area contributed by atoms with Crippen molar-refractivity contribution in [2.75, 3.05) is 18.5 Å². The lowest BCUT2D eigenvalue weighted by Crippen LogP contribution is -2.45. The Kier molecular flexibility index (Phi) is 4.97. The summed E-state index contributed by atoms with van der Waals surface area (Å²) in [6.45, 7) is 4.48. The molecule has 0 spiro atoms. The summed E-state index contributed by atoms with van der Waals surface area (Å²) in [5.74, 6) is 0.873. The van der Waals surface area contributed by atoms with Crippen molar-refractivity contribution < 1.29 is 19.1 Å². The zero-order chi connectivity index (χ0) is 19.7. The van der Waals surface area contributed by atoms with Gasteiger partial charge in [-0.2, -0.15) is 0 Å². The predicted octanol–water partition coefficient (Wildman–Crippen LogP) is 2.87. The Bertz CT molecular complexity index is 882. The first-order valence-corrected chi connectivity index (χ1v) is 10.2. The van der Waals surface area contributed by atoms with E-state index in [9.17, 15) is 9.59 Å². The molecule has 7 nitrogen and oxygen atoms in total. The number of para-hydroxylation sites is 1. The maximum Gasteiger partial charge on any atom is 0.261 e. The molecule has 148 valence electrons. The number of hydrogen-bond donors (Lipinski definition) is 1. The van der Waals surface area contributed by atoms with Gasteiger partial charge in [0.15, 0.2) is 23.2 Å². The molecule has 0 bridgehead atoms. The summed E-state index contributed by atoms with van der Waals surface area (Å²) in [6, 6.07) is 5.24. The minimum Gasteiger partial charge on any atom is -0.483 e. The summed E-state index contributed by atoms with van der Waals surface area (Å²) >= 11 is 1.35. The lowest BCUT2D eigenvalue weighted by molar-refractivity contribution is -0.138. The maximum atomic E-state index is 12.7. The minimum absolute atomic E-state index is 0.124. The molecule has 3 heterocycles. The number of aromatic nitrogens is 1. The second kappa shape index (κ2) is 7.43. The standard InChI is InChI=1S/C20H23N3O4S/c1-20(2)11-13-5-3-7-15(17(13)27-20)26-12-16(24)23-9-4-6-14(23)18(25)22-19-21-8-10-28-19/h3,5,7-8,10,14H,4,6,9,11-12H2,1-2H3,(H,21,22,25). The van der Waals surface area contributed by atoms with Crippen molar-refractivity contribution >= 4 is 28.3 Å². The van der Waals surface area contributed by atoms with E-state index in [2.05, 4.69) is 10.3 Å². The molecule has 1 aromatic carbocycles. The minimum atomic E-state index is -0.489. The number of thiazole rings is 1. The molecule has 0 saturated carbocycles. The van der Waals surface area contributed by atoms with Crippen molar-refractivity contribution in [2.45, 2.75) is 44.8 Å². The van der Waals surface area contributed by atoms with Gasteiger partial charge in [0.1, 0.15) is 11.6 Å². The van der Waals surface area contributed by atoms with Crippen molar-refractivity contribution in [1.29, 1.82) is 0 Å². The van der Waals surface area contributed by atoms with E-state index < -0.39 is 6.04 Å². The fraction of sp³-hybridized carbons (Fsp3) is 0.450. The highest BCUT2D eigenvalue weighted by Crippen LogP contribution is 2.41. The van der Waals surface area contributed by atoms with Crippen LogP contribution in [0.25, 0.3) is 0 Å². The second-order valence-electron chi connectivity index (χ2n) is 7.64. The normalized spacial score (nSPS) is 19.8. The van der Waals surface area contributed by atoms with E-state index >= 15 is 0 Å². The van der Waals surface area contributed by atoms with Crippen LogP contribution in [0.1, 0.15) is 32.3 Å². The SMILES string of the molecule is CC1(C)Cc2cccc(OCC(=O)N3CCCC3C(=O)Nc3nccs3)c2O1. The quantitative estimate of drug-likeness (QED) is 0.833. The molecule has 4 rings (SSSR count). The van der Waals surface area contributed by atoms with Crippen LogP contribution in [-0.2, 0) is 16.0 Å². The lowest BCUT2D eigenvalue weighted by Gasteiger charge is -2.24. The first-order valence-electron chi connectivity index (χ1n) is 9.36. The van der Waals surface area contributed by atoms with Gasteiger partial charge in [-0.05, 0) is 32.8 Å². The highest BCUT2D eigenvalue weighted by molar-refractivity contribution is 7.13. The summed E-state index contributed by atoms with van der Waals surface area (Å²) in [7, 11) is 0. The molecule has 1 atom stereocenters. The Labute approximate surface area is 167 Å². The van der Waals surface area contributed by atoms with Crippen molar-refractivity contribution in [1.82, 2.24) is 9.88 Å². The van der Waals surface area contributed by atoms with E-state index in [4.69, 9.17) is 9.47 Å². The third kappa shape index (κ3) is 3.82. The Hall–Kier alpha value is -2.61. The van der Waals surface area contributed by atoms with E-state index in [-0.39, 0.29) is 24.0 Å². The molecule has 1 unspecified atom stereocenters. The smallest absolute Gasteiger partial charge is 0.261 e. The van der Waals surface area contributed by atoms with Crippen molar-refractivity contribution in [3.63, 3.8) is 0 Å². The average Bonchev–Trinajstić information content (AvgIpc) is 3.37. The number of benzene rings is 1. The number of hydrogen-bond acceptors (Lipinski definition) is 6. The van der Waals surface area contributed by atoms with Gasteiger partial charge in [-0.15, -0.1) is 11.3 Å². The van der Waals surface area contributed by atoms with Gasteiger partial charge in [0.05, 0.1) is 0 Å². The molecular formula is C20H23N3O4S. The largest absolute Gasteiger partial charge is 0.483 e. The van der Waals surface area contributed by atoms with Crippen LogP contribution in [0.3, 0.4) is 0 Å². The molecule has 2 aliphatic rings. The number of anilines is 1. The van der Waals surface area contributed by atoms with Gasteiger partial charge in [-0.25, -0.2) is 4.98 Å². The van der Waals surface area contributed by atoms with Gasteiger partial charge in [-0.3, -0.25) is 9.59 Å². The van der Waals surface area contributed by atoms with Crippen LogP contribution in [0, 0.1) is 0 Å². The monoisotopic (exact) mass is 401 g/mol. The molecule has 8 heteroatoms. The van der Waals surface area contributed by atoms with Crippen LogP contribution in [-0.4, -0.2) is 46.5 Å². The fourth-order valence-electron chi connectivity index (χ4n) is 3.74. The number of carbonyl (C=O) groups excluding carboxylic acids is 2. The van der Waals surface area contributed by atoms with Crippen LogP contribution < -0.4 is 14.8 Å². The topological polar surface area (TPSA) is 80.8 Å². The van der Waals surface area contributed by atoms with Crippen molar-refractivity contribution in [3.05, 3.63) is 35.3 Å². The number of nitrogens with one attached hydrogen (secondary N) is 1. The molecule has 1 saturated heterocycles. The number of carbonyl (C=O) groups is 2. The second-order valence-corrected chi connectivity index (χ2v) is 8.54. The summed E-state index contributed by atoms with van der Waals surface area (Å²) < 4.78 is 11.8. The van der Waals surface area contributed by atoms with Gasteiger partial charge in [-0.1, -0.05) is 12.1 Å². The summed E-state index contributed by atoms with van der Waals surface area (Å²) in [5.41, 5.74) is 0.802. The van der Waals surface area contributed by atoms with Gasteiger partial charge in [0.25, 0.3) is 5.91 Å². The summed E-state index contributed by atoms with van der Waals surface area (Å²) in [5, 5.41) is 5.12. The number of nitrogens with zero attached hydrogens (tertiary/aromatic N) is 2. The fourth-order valence-corrected chi connectivity index (χ4v) is 4.27. The molecule has 1 aromatic heterocycles. The van der Waals surface area contributed by atoms with Crippen molar-refractivity contribution in [3.8, 4) is 11.5 Å². The molecule has 2 amide bonds. The Balaban J connectivity index is 1.39. The molecule has 28 heavy (non-hydrogen) atoms. The number of rotatable bonds is 5. The van der Waals surface area contributed by atoms with Crippen LogP contribution in [0.2, 0.25) is 0 Å². The van der Waals surface area contributed by atoms with E-state index in [1.54, 1.807) is 16.5 Å². The van der Waals surface area contributed by atoms with Gasteiger partial charge >= 0.3 is 0 Å². The maximum absolute atomic E-state index is 12.7. The summed E-state index contributed by atoms with van der Waals surface area (Å²) in [4.78, 5) is 30.9. The lowest BCUT2D eigenvalue weighted by atomic mass is 10.0. The zero-order valence-corrected chi connectivity index (χ0v) is 16.8. The predicted molar refractivity (Wildman–Crippen MR) is 106 cm³/mol. The van der Waals surface area contributed by atoms with E-state index in [0.717, 1.165) is 18.4 Å². The number of likely N-dealkylation sites (tertiary alicyclic amines) is 1. The molecule has 1 N–H and O–H groups in total. The number of ether oxygens (including phenoxy) is 2. The Morgan fingerprint density at radius 2 is 2.29 bits per heavy atom. The third-order valence-electron chi connectivity index (χ3n) is 4.94. The number of amides is 2. The van der Waals surface area contributed by atoms with E-state index in [1.165, 1.54) is 11.3 Å². The van der Waals surface area contributed by atoms with Gasteiger partial charge < -0.3 is 19.7 Å². The molecule has 0 radical (unpaired) electrons. The van der Waals surface area contributed by atoms with Crippen LogP contribution in [0.15, 0.2) is 29.8 Å². The molecular weight excluding hydrogens is 378 g/mol. The van der Waals surface area contributed by atoms with Crippen LogP contribution in [0.5, 0.6) is 11.5 Å². The highest BCUT2D eigenvalue weighted by atomic mass is 32.1. The highest BCUT2D eigenvalue weighted by Gasteiger charge is 2.35. The van der Waals surface area contributed by atoms with Crippen molar-refractivity contribution in [2.24, 2.45) is 0 Å². The van der Waals surface area contributed by atoms with Gasteiger partial charge in [0.2, 0.25) is 5.91 Å². The molecule has 2 aromatic rings.